The van der Waals surface area contributed by atoms with E-state index in [4.69, 9.17) is 9.26 Å². The van der Waals surface area contributed by atoms with Gasteiger partial charge >= 0.3 is 0 Å². The van der Waals surface area contributed by atoms with Crippen LogP contribution in [-0.4, -0.2) is 11.4 Å². The number of carbonyl (C=O) groups is 1. The average molecular weight is 231 g/mol. The van der Waals surface area contributed by atoms with Crippen LogP contribution >= 0.6 is 0 Å². The Morgan fingerprint density at radius 3 is 2.59 bits per heavy atom. The lowest BCUT2D eigenvalue weighted by Crippen LogP contribution is -2.01. The molecular weight excluding hydrogens is 218 g/mol. The Bertz CT molecular complexity index is 502. The van der Waals surface area contributed by atoms with Crippen LogP contribution in [0, 0.1) is 6.92 Å². The maximum atomic E-state index is 10.5. The second-order valence-electron chi connectivity index (χ2n) is 3.82. The first kappa shape index (κ1) is 11.4. The van der Waals surface area contributed by atoms with Crippen molar-refractivity contribution in [3.63, 3.8) is 0 Å². The summed E-state index contributed by atoms with van der Waals surface area (Å²) in [6.45, 7) is 3.74. The van der Waals surface area contributed by atoms with Gasteiger partial charge in [-0.25, -0.2) is 0 Å². The molecule has 1 aromatic carbocycles. The number of hydrogen-bond donors (Lipinski definition) is 0. The lowest BCUT2D eigenvalue weighted by atomic mass is 10.2. The minimum absolute atomic E-state index is 0.210. The Morgan fingerprint density at radius 1 is 1.35 bits per heavy atom. The fourth-order valence-corrected chi connectivity index (χ4v) is 1.46. The van der Waals surface area contributed by atoms with E-state index < -0.39 is 0 Å². The Hall–Kier alpha value is -2.10. The van der Waals surface area contributed by atoms with Crippen LogP contribution in [0.1, 0.15) is 34.8 Å². The number of aromatic nitrogens is 1. The fourth-order valence-electron chi connectivity index (χ4n) is 1.46. The van der Waals surface area contributed by atoms with E-state index in [1.807, 2.05) is 19.9 Å². The zero-order valence-electron chi connectivity index (χ0n) is 9.71. The molecule has 0 fully saturated rings. The maximum Gasteiger partial charge on any atom is 0.177 e. The molecule has 2 rings (SSSR count). The maximum absolute atomic E-state index is 10.5. The van der Waals surface area contributed by atoms with Crippen LogP contribution in [0.2, 0.25) is 0 Å². The third-order valence-corrected chi connectivity index (χ3v) is 2.38. The van der Waals surface area contributed by atoms with Crippen molar-refractivity contribution in [3.8, 4) is 5.75 Å². The predicted molar refractivity (Wildman–Crippen MR) is 62.1 cm³/mol. The Labute approximate surface area is 99.2 Å². The molecular formula is C13H13NO3. The molecule has 0 radical (unpaired) electrons. The second kappa shape index (κ2) is 4.82. The normalized spacial score (nSPS) is 12.1. The van der Waals surface area contributed by atoms with Gasteiger partial charge in [0.25, 0.3) is 0 Å². The summed E-state index contributed by atoms with van der Waals surface area (Å²) in [6, 6.07) is 8.76. The van der Waals surface area contributed by atoms with Gasteiger partial charge in [-0.2, -0.15) is 0 Å². The molecule has 2 aromatic rings. The SMILES string of the molecule is Cc1cc(C(C)Oc2ccc(C=O)cc2)on1. The summed E-state index contributed by atoms with van der Waals surface area (Å²) in [5.41, 5.74) is 1.45. The van der Waals surface area contributed by atoms with E-state index in [1.165, 1.54) is 0 Å². The molecule has 4 nitrogen and oxygen atoms in total. The molecule has 1 unspecified atom stereocenters. The van der Waals surface area contributed by atoms with E-state index >= 15 is 0 Å². The molecule has 1 aromatic heterocycles. The largest absolute Gasteiger partial charge is 0.483 e. The smallest absolute Gasteiger partial charge is 0.177 e. The highest BCUT2D eigenvalue weighted by molar-refractivity contribution is 5.74. The molecule has 0 aliphatic heterocycles. The van der Waals surface area contributed by atoms with Gasteiger partial charge in [0.2, 0.25) is 0 Å². The van der Waals surface area contributed by atoms with Crippen LogP contribution in [0.25, 0.3) is 0 Å². The molecule has 0 N–H and O–H groups in total. The molecule has 0 bridgehead atoms. The van der Waals surface area contributed by atoms with Crippen molar-refractivity contribution in [3.05, 3.63) is 47.3 Å². The summed E-state index contributed by atoms with van der Waals surface area (Å²) in [7, 11) is 0. The van der Waals surface area contributed by atoms with E-state index in [1.54, 1.807) is 24.3 Å². The van der Waals surface area contributed by atoms with Crippen molar-refractivity contribution in [1.29, 1.82) is 0 Å². The van der Waals surface area contributed by atoms with Crippen LogP contribution in [0.3, 0.4) is 0 Å². The van der Waals surface area contributed by atoms with E-state index in [9.17, 15) is 4.79 Å². The highest BCUT2D eigenvalue weighted by Gasteiger charge is 2.12. The molecule has 0 aliphatic rings. The molecule has 0 saturated heterocycles. The van der Waals surface area contributed by atoms with E-state index in [0.717, 1.165) is 12.0 Å². The average Bonchev–Trinajstić information content (AvgIpc) is 2.77. The van der Waals surface area contributed by atoms with E-state index in [2.05, 4.69) is 5.16 Å². The molecule has 0 aliphatic carbocycles. The van der Waals surface area contributed by atoms with Gasteiger partial charge in [-0.15, -0.1) is 0 Å². The van der Waals surface area contributed by atoms with Gasteiger partial charge in [0.15, 0.2) is 11.9 Å². The van der Waals surface area contributed by atoms with Crippen molar-refractivity contribution >= 4 is 6.29 Å². The van der Waals surface area contributed by atoms with Crippen molar-refractivity contribution < 1.29 is 14.1 Å². The minimum atomic E-state index is -0.210. The molecule has 0 spiro atoms. The number of ether oxygens (including phenoxy) is 1. The number of nitrogens with zero attached hydrogens (tertiary/aromatic N) is 1. The first-order valence-corrected chi connectivity index (χ1v) is 5.34. The molecule has 1 atom stereocenters. The van der Waals surface area contributed by atoms with Crippen molar-refractivity contribution in [1.82, 2.24) is 5.16 Å². The Kier molecular flexibility index (Phi) is 3.23. The second-order valence-corrected chi connectivity index (χ2v) is 3.82. The lowest BCUT2D eigenvalue weighted by molar-refractivity contribution is 0.112. The van der Waals surface area contributed by atoms with Crippen LogP contribution in [0.4, 0.5) is 0 Å². The molecule has 0 amide bonds. The number of aldehydes is 1. The molecule has 17 heavy (non-hydrogen) atoms. The summed E-state index contributed by atoms with van der Waals surface area (Å²) < 4.78 is 10.8. The minimum Gasteiger partial charge on any atom is -0.483 e. The van der Waals surface area contributed by atoms with E-state index in [0.29, 0.717) is 17.1 Å². The van der Waals surface area contributed by atoms with E-state index in [-0.39, 0.29) is 6.10 Å². The van der Waals surface area contributed by atoms with Crippen molar-refractivity contribution in [2.45, 2.75) is 20.0 Å². The van der Waals surface area contributed by atoms with Crippen LogP contribution in [-0.2, 0) is 0 Å². The number of aryl methyl sites for hydroxylation is 1. The zero-order valence-corrected chi connectivity index (χ0v) is 9.71. The standard InChI is InChI=1S/C13H13NO3/c1-9-7-13(17-14-9)10(2)16-12-5-3-11(8-15)4-6-12/h3-8,10H,1-2H3. The Morgan fingerprint density at radius 2 is 2.06 bits per heavy atom. The van der Waals surface area contributed by atoms with Crippen molar-refractivity contribution in [2.24, 2.45) is 0 Å². The van der Waals surface area contributed by atoms with Gasteiger partial charge in [-0.05, 0) is 38.1 Å². The summed E-state index contributed by atoms with van der Waals surface area (Å²) in [5, 5.41) is 3.81. The first-order valence-electron chi connectivity index (χ1n) is 5.34. The number of hydrogen-bond acceptors (Lipinski definition) is 4. The third kappa shape index (κ3) is 2.72. The molecule has 0 saturated carbocycles. The van der Waals surface area contributed by atoms with Gasteiger partial charge in [-0.3, -0.25) is 4.79 Å². The Balaban J connectivity index is 2.07. The highest BCUT2D eigenvalue weighted by Crippen LogP contribution is 2.22. The summed E-state index contributed by atoms with van der Waals surface area (Å²) >= 11 is 0. The first-order chi connectivity index (χ1) is 8.19. The zero-order chi connectivity index (χ0) is 12.3. The topological polar surface area (TPSA) is 52.3 Å². The quantitative estimate of drug-likeness (QED) is 0.759. The summed E-state index contributed by atoms with van der Waals surface area (Å²) in [6.07, 6.45) is 0.589. The van der Waals surface area contributed by atoms with Crippen LogP contribution in [0.5, 0.6) is 5.75 Å². The third-order valence-electron chi connectivity index (χ3n) is 2.38. The van der Waals surface area contributed by atoms with Crippen LogP contribution < -0.4 is 4.74 Å². The monoisotopic (exact) mass is 231 g/mol. The van der Waals surface area contributed by atoms with Gasteiger partial charge < -0.3 is 9.26 Å². The fraction of sp³-hybridized carbons (Fsp3) is 0.231. The van der Waals surface area contributed by atoms with Gasteiger partial charge in [0, 0.05) is 11.6 Å². The number of benzene rings is 1. The van der Waals surface area contributed by atoms with Gasteiger partial charge in [0.1, 0.15) is 12.0 Å². The van der Waals surface area contributed by atoms with Crippen molar-refractivity contribution in [2.75, 3.05) is 0 Å². The van der Waals surface area contributed by atoms with Gasteiger partial charge in [0.05, 0.1) is 5.69 Å². The molecule has 88 valence electrons. The molecule has 1 heterocycles. The number of carbonyl (C=O) groups excluding carboxylic acids is 1. The highest BCUT2D eigenvalue weighted by atomic mass is 16.5. The molecule has 4 heteroatoms. The predicted octanol–water partition coefficient (Wildman–Crippen LogP) is 2.94. The number of rotatable bonds is 4. The van der Waals surface area contributed by atoms with Crippen LogP contribution in [0.15, 0.2) is 34.9 Å². The van der Waals surface area contributed by atoms with Gasteiger partial charge in [-0.1, -0.05) is 5.16 Å². The lowest BCUT2D eigenvalue weighted by Gasteiger charge is -2.11. The summed E-state index contributed by atoms with van der Waals surface area (Å²) in [4.78, 5) is 10.5. The summed E-state index contributed by atoms with van der Waals surface area (Å²) in [5.74, 6) is 1.37.